The molecule has 0 fully saturated rings. The molecule has 0 spiro atoms. The van der Waals surface area contributed by atoms with Crippen LogP contribution in [0, 0.1) is 0 Å². The summed E-state index contributed by atoms with van der Waals surface area (Å²) in [6.07, 6.45) is 0. The van der Waals surface area contributed by atoms with E-state index < -0.39 is 0 Å². The van der Waals surface area contributed by atoms with Gasteiger partial charge >= 0.3 is 0 Å². The van der Waals surface area contributed by atoms with Crippen molar-refractivity contribution in [3.63, 3.8) is 0 Å². The second-order valence-corrected chi connectivity index (χ2v) is 4.54. The van der Waals surface area contributed by atoms with E-state index in [1.807, 2.05) is 0 Å². The minimum absolute atomic E-state index is 0.0178. The molecule has 2 aromatic carbocycles. The van der Waals surface area contributed by atoms with Gasteiger partial charge in [-0.25, -0.2) is 0 Å². The summed E-state index contributed by atoms with van der Waals surface area (Å²) in [5.74, 6) is 0.230. The van der Waals surface area contributed by atoms with Crippen molar-refractivity contribution < 1.29 is 14.3 Å². The molecule has 0 aliphatic rings. The van der Waals surface area contributed by atoms with Crippen molar-refractivity contribution in [3.8, 4) is 5.75 Å². The Morgan fingerprint density at radius 3 is 2.19 bits per heavy atom. The first-order valence-corrected chi connectivity index (χ1v) is 6.37. The number of nitrogens with one attached hydrogen (secondary N) is 1. The maximum atomic E-state index is 12.1. The molecule has 0 aliphatic carbocycles. The fourth-order valence-corrected chi connectivity index (χ4v) is 1.87. The van der Waals surface area contributed by atoms with Gasteiger partial charge in [0.05, 0.1) is 12.8 Å². The average molecular weight is 284 g/mol. The third-order valence-corrected chi connectivity index (χ3v) is 3.04. The van der Waals surface area contributed by atoms with E-state index in [0.717, 1.165) is 0 Å². The Kier molecular flexibility index (Phi) is 4.23. The number of methoxy groups -OCH3 is 1. The molecule has 0 saturated heterocycles. The van der Waals surface area contributed by atoms with Crippen molar-refractivity contribution >= 4 is 23.1 Å². The largest absolute Gasteiger partial charge is 0.495 e. The lowest BCUT2D eigenvalue weighted by atomic mass is 10.1. The number of nitrogens with two attached hydrogens (primary N) is 1. The molecule has 21 heavy (non-hydrogen) atoms. The Balaban J connectivity index is 2.14. The van der Waals surface area contributed by atoms with Crippen LogP contribution in [-0.2, 0) is 0 Å². The van der Waals surface area contributed by atoms with Gasteiger partial charge in [-0.1, -0.05) is 0 Å². The van der Waals surface area contributed by atoms with Gasteiger partial charge in [-0.3, -0.25) is 9.59 Å². The number of rotatable bonds is 4. The minimum Gasteiger partial charge on any atom is -0.495 e. The molecule has 0 saturated carbocycles. The summed E-state index contributed by atoms with van der Waals surface area (Å²) in [5.41, 5.74) is 7.82. The lowest BCUT2D eigenvalue weighted by Gasteiger charge is -2.08. The molecular weight excluding hydrogens is 268 g/mol. The van der Waals surface area contributed by atoms with Crippen LogP contribution in [0.4, 0.5) is 11.4 Å². The molecule has 0 unspecified atom stereocenters. The number of hydrogen-bond acceptors (Lipinski definition) is 4. The van der Waals surface area contributed by atoms with Gasteiger partial charge in [0.15, 0.2) is 5.78 Å². The maximum Gasteiger partial charge on any atom is 0.255 e. The highest BCUT2D eigenvalue weighted by molar-refractivity contribution is 6.05. The molecule has 108 valence electrons. The van der Waals surface area contributed by atoms with Gasteiger partial charge in [0.2, 0.25) is 0 Å². The van der Waals surface area contributed by atoms with Gasteiger partial charge in [0.25, 0.3) is 5.91 Å². The number of benzene rings is 2. The van der Waals surface area contributed by atoms with Gasteiger partial charge in [0.1, 0.15) is 5.75 Å². The van der Waals surface area contributed by atoms with E-state index in [1.165, 1.54) is 14.0 Å². The first-order valence-electron chi connectivity index (χ1n) is 6.37. The molecule has 0 aromatic heterocycles. The van der Waals surface area contributed by atoms with Gasteiger partial charge in [-0.15, -0.1) is 0 Å². The minimum atomic E-state index is -0.278. The highest BCUT2D eigenvalue weighted by atomic mass is 16.5. The van der Waals surface area contributed by atoms with Crippen LogP contribution in [0.3, 0.4) is 0 Å². The number of anilines is 2. The first-order chi connectivity index (χ1) is 10.0. The molecule has 5 nitrogen and oxygen atoms in total. The molecule has 0 heterocycles. The van der Waals surface area contributed by atoms with Crippen LogP contribution in [0.15, 0.2) is 42.5 Å². The van der Waals surface area contributed by atoms with E-state index in [2.05, 4.69) is 5.32 Å². The summed E-state index contributed by atoms with van der Waals surface area (Å²) in [7, 11) is 1.52. The number of Topliss-reactive ketones (excluding diaryl/α,β-unsaturated/α-hetero) is 1. The standard InChI is InChI=1S/C16H16N2O3/c1-10(19)11-3-6-13(7-4-11)18-16(20)12-5-8-15(21-2)14(17)9-12/h3-9H,17H2,1-2H3,(H,18,20). The van der Waals surface area contributed by atoms with Crippen LogP contribution in [0.1, 0.15) is 27.6 Å². The topological polar surface area (TPSA) is 81.4 Å². The molecule has 2 rings (SSSR count). The Hall–Kier alpha value is -2.82. The SMILES string of the molecule is COc1ccc(C(=O)Nc2ccc(C(C)=O)cc2)cc1N. The van der Waals surface area contributed by atoms with Crippen LogP contribution in [-0.4, -0.2) is 18.8 Å². The van der Waals surface area contributed by atoms with Crippen LogP contribution in [0.25, 0.3) is 0 Å². The zero-order chi connectivity index (χ0) is 15.4. The summed E-state index contributed by atoms with van der Waals surface area (Å²) in [6.45, 7) is 1.49. The number of ether oxygens (including phenoxy) is 1. The number of carbonyl (C=O) groups excluding carboxylic acids is 2. The Morgan fingerprint density at radius 1 is 1.05 bits per heavy atom. The van der Waals surface area contributed by atoms with Crippen molar-refractivity contribution in [3.05, 3.63) is 53.6 Å². The van der Waals surface area contributed by atoms with Crippen LogP contribution in [0.2, 0.25) is 0 Å². The lowest BCUT2D eigenvalue weighted by Crippen LogP contribution is -2.12. The van der Waals surface area contributed by atoms with Gasteiger partial charge in [0, 0.05) is 16.8 Å². The van der Waals surface area contributed by atoms with E-state index >= 15 is 0 Å². The van der Waals surface area contributed by atoms with E-state index in [0.29, 0.717) is 28.3 Å². The average Bonchev–Trinajstić information content (AvgIpc) is 2.47. The molecule has 3 N–H and O–H groups in total. The van der Waals surface area contributed by atoms with Gasteiger partial charge < -0.3 is 15.8 Å². The first kappa shape index (κ1) is 14.6. The van der Waals surface area contributed by atoms with E-state index in [1.54, 1.807) is 42.5 Å². The van der Waals surface area contributed by atoms with Crippen molar-refractivity contribution in [1.82, 2.24) is 0 Å². The van der Waals surface area contributed by atoms with E-state index in [-0.39, 0.29) is 11.7 Å². The van der Waals surface area contributed by atoms with Crippen molar-refractivity contribution in [2.75, 3.05) is 18.2 Å². The van der Waals surface area contributed by atoms with Crippen LogP contribution in [0.5, 0.6) is 5.75 Å². The zero-order valence-corrected chi connectivity index (χ0v) is 11.8. The van der Waals surface area contributed by atoms with Crippen LogP contribution < -0.4 is 15.8 Å². The van der Waals surface area contributed by atoms with Crippen molar-refractivity contribution in [2.24, 2.45) is 0 Å². The zero-order valence-electron chi connectivity index (χ0n) is 11.8. The predicted octanol–water partition coefficient (Wildman–Crippen LogP) is 2.73. The summed E-state index contributed by atoms with van der Waals surface area (Å²) < 4.78 is 5.04. The number of ketones is 1. The second-order valence-electron chi connectivity index (χ2n) is 4.54. The van der Waals surface area contributed by atoms with Crippen LogP contribution >= 0.6 is 0 Å². The fourth-order valence-electron chi connectivity index (χ4n) is 1.87. The summed E-state index contributed by atoms with van der Waals surface area (Å²) in [4.78, 5) is 23.3. The quantitative estimate of drug-likeness (QED) is 0.668. The highest BCUT2D eigenvalue weighted by Gasteiger charge is 2.09. The Morgan fingerprint density at radius 2 is 1.67 bits per heavy atom. The third-order valence-electron chi connectivity index (χ3n) is 3.04. The molecule has 5 heteroatoms. The smallest absolute Gasteiger partial charge is 0.255 e. The summed E-state index contributed by atoms with van der Waals surface area (Å²) in [5, 5.41) is 2.74. The number of hydrogen-bond donors (Lipinski definition) is 2. The lowest BCUT2D eigenvalue weighted by molar-refractivity contribution is 0.101. The monoisotopic (exact) mass is 284 g/mol. The van der Waals surface area contributed by atoms with E-state index in [9.17, 15) is 9.59 Å². The Labute approximate surface area is 122 Å². The molecular formula is C16H16N2O3. The second kappa shape index (κ2) is 6.09. The van der Waals surface area contributed by atoms with E-state index in [4.69, 9.17) is 10.5 Å². The van der Waals surface area contributed by atoms with Gasteiger partial charge in [-0.05, 0) is 49.4 Å². The molecule has 0 radical (unpaired) electrons. The van der Waals surface area contributed by atoms with Gasteiger partial charge in [-0.2, -0.15) is 0 Å². The molecule has 0 aliphatic heterocycles. The summed E-state index contributed by atoms with van der Waals surface area (Å²) in [6, 6.07) is 11.5. The molecule has 0 atom stereocenters. The molecule has 1 amide bonds. The maximum absolute atomic E-state index is 12.1. The predicted molar refractivity (Wildman–Crippen MR) is 81.8 cm³/mol. The summed E-state index contributed by atoms with van der Waals surface area (Å²) >= 11 is 0. The van der Waals surface area contributed by atoms with Crippen molar-refractivity contribution in [2.45, 2.75) is 6.92 Å². The normalized spacial score (nSPS) is 10.0. The third kappa shape index (κ3) is 3.39. The molecule has 2 aromatic rings. The Bertz CT molecular complexity index is 678. The number of amides is 1. The highest BCUT2D eigenvalue weighted by Crippen LogP contribution is 2.22. The fraction of sp³-hybridized carbons (Fsp3) is 0.125. The molecule has 0 bridgehead atoms. The number of nitrogen functional groups attached to an aromatic ring is 1. The van der Waals surface area contributed by atoms with Crippen molar-refractivity contribution in [1.29, 1.82) is 0 Å². The number of carbonyl (C=O) groups is 2.